The molecule has 4 aromatic carbocycles. The topological polar surface area (TPSA) is 0 Å². The fourth-order valence-corrected chi connectivity index (χ4v) is 11.6. The van der Waals surface area contributed by atoms with Crippen LogP contribution in [0.1, 0.15) is 369 Å². The van der Waals surface area contributed by atoms with Crippen LogP contribution in [-0.4, -0.2) is 19.8 Å². The molecule has 0 unspecified atom stereocenters. The Morgan fingerprint density at radius 1 is 0.259 bits per heavy atom. The van der Waals surface area contributed by atoms with Crippen molar-refractivity contribution in [3.8, 4) is 0 Å². The molecule has 2 aliphatic carbocycles. The van der Waals surface area contributed by atoms with E-state index in [2.05, 4.69) is 293 Å². The van der Waals surface area contributed by atoms with Gasteiger partial charge in [0, 0.05) is 56.4 Å². The quantitative estimate of drug-likeness (QED) is 0.0775. The molecule has 0 saturated heterocycles. The van der Waals surface area contributed by atoms with Crippen LogP contribution >= 0.6 is 0 Å². The summed E-state index contributed by atoms with van der Waals surface area (Å²) in [5, 5.41) is 0. The van der Waals surface area contributed by atoms with Gasteiger partial charge in [-0.1, -0.05) is 267 Å². The third-order valence-corrected chi connectivity index (χ3v) is 17.1. The van der Waals surface area contributed by atoms with E-state index in [9.17, 15) is 0 Å². The van der Waals surface area contributed by atoms with Crippen molar-refractivity contribution in [1.82, 2.24) is 0 Å². The average Bonchev–Trinajstić information content (AvgIpc) is 3.35. The molecule has 0 saturated carbocycles. The predicted octanol–water partition coefficient (Wildman–Crippen LogP) is 25.2. The van der Waals surface area contributed by atoms with Gasteiger partial charge in [-0.25, -0.2) is 0 Å². The van der Waals surface area contributed by atoms with Crippen molar-refractivity contribution >= 4 is 42.1 Å². The number of benzene rings is 4. The van der Waals surface area contributed by atoms with Gasteiger partial charge in [0.1, 0.15) is 0 Å². The summed E-state index contributed by atoms with van der Waals surface area (Å²) in [6.45, 7) is 70.2. The molecule has 439 valence electrons. The molecule has 0 aliphatic heterocycles. The summed E-state index contributed by atoms with van der Waals surface area (Å²) < 4.78 is 0. The fourth-order valence-electron chi connectivity index (χ4n) is 11.6. The second-order valence-electron chi connectivity index (χ2n) is 30.0. The van der Waals surface area contributed by atoms with Gasteiger partial charge in [-0.3, -0.25) is 0 Å². The predicted molar refractivity (Wildman–Crippen MR) is 367 cm³/mol. The zero-order chi connectivity index (χ0) is 60.5. The molecule has 0 bridgehead atoms. The monoisotopic (exact) mass is 1150 g/mol. The molecule has 0 N–H and O–H groups in total. The Morgan fingerprint density at radius 3 is 0.556 bits per heavy atom. The normalized spacial score (nSPS) is 14.5. The molecule has 0 nitrogen and oxygen atoms in total. The van der Waals surface area contributed by atoms with Gasteiger partial charge in [0.15, 0.2) is 0 Å². The van der Waals surface area contributed by atoms with Crippen molar-refractivity contribution in [2.75, 3.05) is 0 Å². The molecule has 0 atom stereocenters. The van der Waals surface area contributed by atoms with Crippen molar-refractivity contribution < 1.29 is 1.43 Å². The molecule has 2 aliphatic rings. The van der Waals surface area contributed by atoms with Crippen molar-refractivity contribution in [3.63, 3.8) is 0 Å². The molecule has 6 rings (SSSR count). The largest absolute Gasteiger partial charge is 0.107 e. The van der Waals surface area contributed by atoms with Gasteiger partial charge in [0.25, 0.3) is 0 Å². The van der Waals surface area contributed by atoms with E-state index in [4.69, 9.17) is 0 Å². The molecule has 0 spiro atoms. The molecule has 4 aromatic rings. The van der Waals surface area contributed by atoms with Crippen molar-refractivity contribution in [2.24, 2.45) is 10.8 Å². The Bertz CT molecular complexity index is 2750. The Morgan fingerprint density at radius 2 is 0.420 bits per heavy atom. The molecular formula is C80H116Ga. The average molecular weight is 1150 g/mol. The minimum absolute atomic E-state index is 0. The van der Waals surface area contributed by atoms with Crippen LogP contribution in [0.5, 0.6) is 0 Å². The van der Waals surface area contributed by atoms with Crippen LogP contribution in [0.25, 0.3) is 22.3 Å². The number of allylic oxidation sites excluding steroid dienone is 6. The molecule has 81 heavy (non-hydrogen) atoms. The first kappa shape index (κ1) is 69.5. The summed E-state index contributed by atoms with van der Waals surface area (Å²) in [4.78, 5) is 0. The van der Waals surface area contributed by atoms with Crippen LogP contribution in [0.15, 0.2) is 83.3 Å². The molecule has 5 radical (unpaired) electrons. The van der Waals surface area contributed by atoms with Gasteiger partial charge in [-0.05, 0) is 183 Å². The fraction of sp³-hybridized carbons (Fsp3) is 0.550. The van der Waals surface area contributed by atoms with E-state index in [1.807, 2.05) is 0 Å². The smallest absolute Gasteiger partial charge is 0.0250 e. The van der Waals surface area contributed by atoms with E-state index in [1.165, 1.54) is 122 Å². The SMILES string of the molecule is CC(C)c1cc(C(C)C)c(C2=C=C(c3c(C(C)C)cc(C(C)C)cc3C(C)C)C=C(C(C)(C)C)[CH]2)c(C(C)C)c1.CC(C)c1cc(C(C)C)c(C2=C=C(c3c(C(C)C)cc(C(C)C)cc3C(C)C)C=C(C(C)(C)C)[CH]2)c(C(C)C)c1.[Ga].[HH]. The maximum Gasteiger partial charge on any atom is 0.0250 e. The third kappa shape index (κ3) is 16.3. The van der Waals surface area contributed by atoms with Gasteiger partial charge in [-0.2, -0.15) is 0 Å². The molecule has 0 fully saturated rings. The van der Waals surface area contributed by atoms with E-state index in [0.717, 1.165) is 0 Å². The van der Waals surface area contributed by atoms with E-state index in [0.29, 0.717) is 71.0 Å². The minimum Gasteiger partial charge on any atom is -0.107 e. The van der Waals surface area contributed by atoms with Gasteiger partial charge >= 0.3 is 0 Å². The van der Waals surface area contributed by atoms with Crippen molar-refractivity contribution in [1.29, 1.82) is 0 Å². The Kier molecular flexibility index (Phi) is 23.9. The standard InChI is InChI=1S/2C40H57.Ga.H2/c2*1-23(2)29-19-34(25(5)6)38(35(20-29)26(7)8)31-16-32(18-33(17-31)40(13,14)15)39-36(27(9)10)21-30(24(3)4)22-37(39)28(11)12;;/h2*17-28H,1-15H3;;1H. The summed E-state index contributed by atoms with van der Waals surface area (Å²) >= 11 is 0. The number of hydrogen-bond donors (Lipinski definition) is 0. The Labute approximate surface area is 515 Å². The van der Waals surface area contributed by atoms with Crippen molar-refractivity contribution in [2.45, 2.75) is 279 Å². The zero-order valence-corrected chi connectivity index (χ0v) is 59.9. The van der Waals surface area contributed by atoms with Gasteiger partial charge in [0.05, 0.1) is 0 Å². The minimum atomic E-state index is 0. The van der Waals surface area contributed by atoms with Crippen LogP contribution in [0.2, 0.25) is 0 Å². The third-order valence-electron chi connectivity index (χ3n) is 17.1. The number of rotatable bonds is 16. The Hall–Kier alpha value is -3.96. The van der Waals surface area contributed by atoms with Gasteiger partial charge in [-0.15, -0.1) is 11.5 Å². The van der Waals surface area contributed by atoms with Crippen LogP contribution < -0.4 is 0 Å². The second-order valence-corrected chi connectivity index (χ2v) is 30.0. The first-order valence-electron chi connectivity index (χ1n) is 31.7. The summed E-state index contributed by atoms with van der Waals surface area (Å²) in [6, 6.07) is 19.8. The van der Waals surface area contributed by atoms with E-state index in [1.54, 1.807) is 0 Å². The second kappa shape index (κ2) is 27.8. The van der Waals surface area contributed by atoms with Crippen LogP contribution in [0.4, 0.5) is 0 Å². The van der Waals surface area contributed by atoms with E-state index >= 15 is 0 Å². The van der Waals surface area contributed by atoms with Gasteiger partial charge in [0.2, 0.25) is 0 Å². The van der Waals surface area contributed by atoms with Crippen molar-refractivity contribution in [3.05, 3.63) is 185 Å². The summed E-state index contributed by atoms with van der Waals surface area (Å²) in [6.07, 6.45) is 9.77. The number of hydrogen-bond acceptors (Lipinski definition) is 0. The maximum absolute atomic E-state index is 4.07. The molecular weight excluding hydrogens is 1030 g/mol. The van der Waals surface area contributed by atoms with Crippen LogP contribution in [0.3, 0.4) is 0 Å². The van der Waals surface area contributed by atoms with E-state index in [-0.39, 0.29) is 32.0 Å². The first-order chi connectivity index (χ1) is 36.9. The van der Waals surface area contributed by atoms with Gasteiger partial charge < -0.3 is 0 Å². The first-order valence-corrected chi connectivity index (χ1v) is 31.7. The van der Waals surface area contributed by atoms with Crippen LogP contribution in [0, 0.1) is 23.7 Å². The maximum atomic E-state index is 4.07. The Balaban J connectivity index is 0.000000420. The molecule has 0 amide bonds. The van der Waals surface area contributed by atoms with Crippen LogP contribution in [-0.2, 0) is 0 Å². The van der Waals surface area contributed by atoms with E-state index < -0.39 is 0 Å². The molecule has 1 heteroatoms. The summed E-state index contributed by atoms with van der Waals surface area (Å²) in [5.74, 6) is 5.50. The molecule has 0 aromatic heterocycles. The molecule has 0 heterocycles. The summed E-state index contributed by atoms with van der Waals surface area (Å²) in [5.41, 5.74) is 38.9. The zero-order valence-electron chi connectivity index (χ0n) is 57.4. The summed E-state index contributed by atoms with van der Waals surface area (Å²) in [7, 11) is 0.